The largest absolute Gasteiger partial charge is 0.338 e. The first-order valence-electron chi connectivity index (χ1n) is 5.16. The molecule has 1 aromatic carbocycles. The summed E-state index contributed by atoms with van der Waals surface area (Å²) < 4.78 is 0. The van der Waals surface area contributed by atoms with Crippen LogP contribution in [0.2, 0.25) is 0 Å². The summed E-state index contributed by atoms with van der Waals surface area (Å²) in [5.41, 5.74) is 4.20. The summed E-state index contributed by atoms with van der Waals surface area (Å²) in [6, 6.07) is 3.86. The van der Waals surface area contributed by atoms with E-state index in [1.165, 1.54) is 0 Å². The molecule has 0 amide bonds. The molecule has 0 saturated carbocycles. The average molecular weight is 214 g/mol. The number of nitrogens with zero attached hydrogens (tertiary/aromatic N) is 1. The average Bonchev–Trinajstić information content (AvgIpc) is 2.59. The van der Waals surface area contributed by atoms with Crippen molar-refractivity contribution in [3.05, 3.63) is 35.7 Å². The summed E-state index contributed by atoms with van der Waals surface area (Å²) in [5, 5.41) is 0. The van der Waals surface area contributed by atoms with E-state index in [-0.39, 0.29) is 5.78 Å². The van der Waals surface area contributed by atoms with Crippen LogP contribution in [0.15, 0.2) is 18.7 Å². The fourth-order valence-corrected chi connectivity index (χ4v) is 1.73. The van der Waals surface area contributed by atoms with Gasteiger partial charge in [-0.3, -0.25) is 4.79 Å². The second kappa shape index (κ2) is 3.59. The van der Waals surface area contributed by atoms with Gasteiger partial charge in [-0.2, -0.15) is 0 Å². The molecule has 0 spiro atoms. The summed E-state index contributed by atoms with van der Waals surface area (Å²) in [4.78, 5) is 19.1. The highest BCUT2D eigenvalue weighted by Gasteiger charge is 2.11. The van der Waals surface area contributed by atoms with Crippen molar-refractivity contribution in [3.8, 4) is 0 Å². The van der Waals surface area contributed by atoms with E-state index < -0.39 is 0 Å². The molecule has 0 saturated heterocycles. The van der Waals surface area contributed by atoms with Gasteiger partial charge in [0.05, 0.1) is 11.0 Å². The van der Waals surface area contributed by atoms with E-state index in [0.717, 1.165) is 28.0 Å². The molecule has 1 heterocycles. The van der Waals surface area contributed by atoms with Gasteiger partial charge in [0.25, 0.3) is 0 Å². The number of fused-ring (bicyclic) bond motifs is 1. The number of H-pyrrole nitrogens is 1. The first-order valence-corrected chi connectivity index (χ1v) is 5.16. The van der Waals surface area contributed by atoms with E-state index in [2.05, 4.69) is 16.5 Å². The molecule has 0 aliphatic rings. The molecule has 0 atom stereocenters. The van der Waals surface area contributed by atoms with Crippen molar-refractivity contribution in [1.29, 1.82) is 0 Å². The third kappa shape index (κ3) is 1.65. The van der Waals surface area contributed by atoms with Crippen LogP contribution in [-0.4, -0.2) is 15.8 Å². The number of aromatic amines is 1. The minimum absolute atomic E-state index is 0.0356. The number of aryl methyl sites for hydroxylation is 1. The summed E-state index contributed by atoms with van der Waals surface area (Å²) in [6.07, 6.45) is 0. The maximum atomic E-state index is 11.5. The van der Waals surface area contributed by atoms with Gasteiger partial charge < -0.3 is 4.98 Å². The molecule has 0 aliphatic heterocycles. The Kier molecular flexibility index (Phi) is 2.38. The van der Waals surface area contributed by atoms with Crippen molar-refractivity contribution < 1.29 is 4.79 Å². The molecule has 2 rings (SSSR count). The van der Waals surface area contributed by atoms with Crippen LogP contribution in [0.25, 0.3) is 16.6 Å². The second-order valence-electron chi connectivity index (χ2n) is 4.13. The Balaban J connectivity index is 2.80. The molecular formula is C13H14N2O. The Bertz CT molecular complexity index is 593. The van der Waals surface area contributed by atoms with Crippen LogP contribution in [0, 0.1) is 6.92 Å². The lowest BCUT2D eigenvalue weighted by atomic mass is 10.1. The highest BCUT2D eigenvalue weighted by molar-refractivity contribution is 6.05. The molecule has 3 heteroatoms. The Labute approximate surface area is 94.2 Å². The summed E-state index contributed by atoms with van der Waals surface area (Å²) >= 11 is 0. The molecule has 3 nitrogen and oxygen atoms in total. The number of nitrogens with one attached hydrogen (secondary N) is 1. The Hall–Kier alpha value is -1.90. The minimum Gasteiger partial charge on any atom is -0.338 e. The van der Waals surface area contributed by atoms with Crippen molar-refractivity contribution in [1.82, 2.24) is 9.97 Å². The summed E-state index contributed by atoms with van der Waals surface area (Å²) in [5.74, 6) is 0.775. The fourth-order valence-electron chi connectivity index (χ4n) is 1.73. The monoisotopic (exact) mass is 214 g/mol. The number of aromatic nitrogens is 2. The van der Waals surface area contributed by atoms with Gasteiger partial charge in [0.15, 0.2) is 5.78 Å². The topological polar surface area (TPSA) is 45.8 Å². The number of carbonyl (C=O) groups is 1. The molecule has 0 fully saturated rings. The van der Waals surface area contributed by atoms with Gasteiger partial charge in [-0.05, 0) is 44.0 Å². The van der Waals surface area contributed by atoms with Crippen LogP contribution < -0.4 is 0 Å². The van der Waals surface area contributed by atoms with Crippen molar-refractivity contribution >= 4 is 22.4 Å². The van der Waals surface area contributed by atoms with Crippen molar-refractivity contribution in [2.45, 2.75) is 20.8 Å². The summed E-state index contributed by atoms with van der Waals surface area (Å²) in [7, 11) is 0. The molecule has 2 aromatic rings. The quantitative estimate of drug-likeness (QED) is 0.781. The van der Waals surface area contributed by atoms with E-state index in [9.17, 15) is 4.79 Å². The minimum atomic E-state index is 0.0356. The van der Waals surface area contributed by atoms with Crippen molar-refractivity contribution in [2.75, 3.05) is 0 Å². The van der Waals surface area contributed by atoms with Gasteiger partial charge in [0, 0.05) is 5.56 Å². The zero-order chi connectivity index (χ0) is 11.9. The van der Waals surface area contributed by atoms with Crippen LogP contribution in [-0.2, 0) is 0 Å². The maximum Gasteiger partial charge on any atom is 0.162 e. The Morgan fingerprint density at radius 1 is 1.38 bits per heavy atom. The summed E-state index contributed by atoms with van der Waals surface area (Å²) in [6.45, 7) is 9.25. The standard InChI is InChI=1S/C13H14N2O/c1-7(2)13-14-11-6-8(3)5-10(9(4)16)12(11)15-13/h5-6H,1H2,2-4H3,(H,14,15). The van der Waals surface area contributed by atoms with Gasteiger partial charge in [0.2, 0.25) is 0 Å². The lowest BCUT2D eigenvalue weighted by Gasteiger charge is -1.99. The normalized spacial score (nSPS) is 10.7. The van der Waals surface area contributed by atoms with Gasteiger partial charge in [-0.25, -0.2) is 4.98 Å². The van der Waals surface area contributed by atoms with Crippen LogP contribution in [0.1, 0.15) is 35.6 Å². The van der Waals surface area contributed by atoms with Crippen molar-refractivity contribution in [2.24, 2.45) is 0 Å². The zero-order valence-corrected chi connectivity index (χ0v) is 9.72. The number of ketones is 1. The van der Waals surface area contributed by atoms with Gasteiger partial charge >= 0.3 is 0 Å². The predicted octanol–water partition coefficient (Wildman–Crippen LogP) is 3.11. The van der Waals surface area contributed by atoms with E-state index in [4.69, 9.17) is 0 Å². The Morgan fingerprint density at radius 2 is 2.06 bits per heavy atom. The molecule has 0 radical (unpaired) electrons. The second-order valence-corrected chi connectivity index (χ2v) is 4.13. The molecule has 0 bridgehead atoms. The van der Waals surface area contributed by atoms with Gasteiger partial charge in [-0.15, -0.1) is 0 Å². The fraction of sp³-hybridized carbons (Fsp3) is 0.231. The van der Waals surface area contributed by atoms with E-state index in [1.807, 2.05) is 26.0 Å². The molecule has 82 valence electrons. The number of carbonyl (C=O) groups excluding carboxylic acids is 1. The number of allylic oxidation sites excluding steroid dienone is 1. The SMILES string of the molecule is C=C(C)c1nc2c(C(C)=O)cc(C)cc2[nH]1. The van der Waals surface area contributed by atoms with Crippen LogP contribution >= 0.6 is 0 Å². The number of benzene rings is 1. The molecule has 16 heavy (non-hydrogen) atoms. The molecular weight excluding hydrogens is 200 g/mol. The molecule has 0 unspecified atom stereocenters. The third-order valence-electron chi connectivity index (χ3n) is 2.51. The molecule has 1 aromatic heterocycles. The number of Topliss-reactive ketones (excluding diaryl/α,β-unsaturated/α-hetero) is 1. The molecule has 0 aliphatic carbocycles. The maximum absolute atomic E-state index is 11.5. The smallest absolute Gasteiger partial charge is 0.162 e. The highest BCUT2D eigenvalue weighted by atomic mass is 16.1. The molecule has 1 N–H and O–H groups in total. The number of hydrogen-bond acceptors (Lipinski definition) is 2. The lowest BCUT2D eigenvalue weighted by molar-refractivity contribution is 0.101. The van der Waals surface area contributed by atoms with Crippen LogP contribution in [0.4, 0.5) is 0 Å². The highest BCUT2D eigenvalue weighted by Crippen LogP contribution is 2.21. The number of imidazole rings is 1. The first kappa shape index (κ1) is 10.6. The number of rotatable bonds is 2. The zero-order valence-electron chi connectivity index (χ0n) is 9.72. The van der Waals surface area contributed by atoms with Gasteiger partial charge in [0.1, 0.15) is 5.82 Å². The lowest BCUT2D eigenvalue weighted by Crippen LogP contribution is -1.94. The Morgan fingerprint density at radius 3 is 2.62 bits per heavy atom. The first-order chi connectivity index (χ1) is 7.49. The van der Waals surface area contributed by atoms with Crippen molar-refractivity contribution in [3.63, 3.8) is 0 Å². The van der Waals surface area contributed by atoms with E-state index >= 15 is 0 Å². The number of hydrogen-bond donors (Lipinski definition) is 1. The predicted molar refractivity (Wildman–Crippen MR) is 65.5 cm³/mol. The third-order valence-corrected chi connectivity index (χ3v) is 2.51. The van der Waals surface area contributed by atoms with E-state index in [1.54, 1.807) is 6.92 Å². The van der Waals surface area contributed by atoms with Crippen LogP contribution in [0.5, 0.6) is 0 Å². The van der Waals surface area contributed by atoms with Crippen LogP contribution in [0.3, 0.4) is 0 Å². The van der Waals surface area contributed by atoms with Gasteiger partial charge in [-0.1, -0.05) is 6.58 Å². The van der Waals surface area contributed by atoms with E-state index in [0.29, 0.717) is 5.56 Å².